The van der Waals surface area contributed by atoms with Gasteiger partial charge in [0.05, 0.1) is 0 Å². The molecule has 1 aliphatic heterocycles. The first-order valence-electron chi connectivity index (χ1n) is 7.26. The van der Waals surface area contributed by atoms with Crippen LogP contribution in [0.25, 0.3) is 0 Å². The summed E-state index contributed by atoms with van der Waals surface area (Å²) in [6.45, 7) is 3.48. The standard InChI is InChI=1S/C14H25N3O2/c1-10-3-4-11(9-10)12(18)17-7-5-14(16-2,6-8-17)13(15)19/h10-11,16H,3-9H2,1-2H3,(H2,15,19). The van der Waals surface area contributed by atoms with Gasteiger partial charge in [0.1, 0.15) is 5.54 Å². The molecule has 3 N–H and O–H groups in total. The molecule has 2 atom stereocenters. The number of likely N-dealkylation sites (tertiary alicyclic amines) is 1. The summed E-state index contributed by atoms with van der Waals surface area (Å²) in [7, 11) is 1.76. The summed E-state index contributed by atoms with van der Waals surface area (Å²) in [5.41, 5.74) is 4.84. The van der Waals surface area contributed by atoms with Gasteiger partial charge in [-0.1, -0.05) is 6.92 Å². The summed E-state index contributed by atoms with van der Waals surface area (Å²) < 4.78 is 0. The smallest absolute Gasteiger partial charge is 0.237 e. The van der Waals surface area contributed by atoms with Crippen molar-refractivity contribution < 1.29 is 9.59 Å². The first kappa shape index (κ1) is 14.3. The van der Waals surface area contributed by atoms with Gasteiger partial charge in [-0.3, -0.25) is 9.59 Å². The third kappa shape index (κ3) is 2.76. The van der Waals surface area contributed by atoms with Crippen LogP contribution in [0.1, 0.15) is 39.0 Å². The van der Waals surface area contributed by atoms with E-state index in [9.17, 15) is 9.59 Å². The van der Waals surface area contributed by atoms with Gasteiger partial charge in [-0.05, 0) is 45.1 Å². The van der Waals surface area contributed by atoms with Crippen molar-refractivity contribution in [3.8, 4) is 0 Å². The zero-order chi connectivity index (χ0) is 14.0. The first-order valence-corrected chi connectivity index (χ1v) is 7.26. The van der Waals surface area contributed by atoms with Crippen LogP contribution in [0.2, 0.25) is 0 Å². The lowest BCUT2D eigenvalue weighted by Gasteiger charge is -2.40. The minimum atomic E-state index is -0.625. The molecule has 108 valence electrons. The zero-order valence-electron chi connectivity index (χ0n) is 11.9. The number of likely N-dealkylation sites (N-methyl/N-ethyl adjacent to an activating group) is 1. The quantitative estimate of drug-likeness (QED) is 0.781. The number of hydrogen-bond acceptors (Lipinski definition) is 3. The van der Waals surface area contributed by atoms with E-state index in [0.29, 0.717) is 31.8 Å². The van der Waals surface area contributed by atoms with Crippen molar-refractivity contribution in [1.82, 2.24) is 10.2 Å². The first-order chi connectivity index (χ1) is 8.98. The molecular formula is C14H25N3O2. The Hall–Kier alpha value is -1.10. The minimum absolute atomic E-state index is 0.200. The molecule has 0 aromatic carbocycles. The predicted molar refractivity (Wildman–Crippen MR) is 73.3 cm³/mol. The topological polar surface area (TPSA) is 75.4 Å². The van der Waals surface area contributed by atoms with Gasteiger partial charge >= 0.3 is 0 Å². The summed E-state index contributed by atoms with van der Waals surface area (Å²) in [6.07, 6.45) is 4.43. The Bertz CT molecular complexity index is 362. The van der Waals surface area contributed by atoms with E-state index in [1.54, 1.807) is 7.05 Å². The number of carbonyl (C=O) groups excluding carboxylic acids is 2. The molecule has 2 unspecified atom stereocenters. The van der Waals surface area contributed by atoms with Gasteiger partial charge in [0, 0.05) is 19.0 Å². The number of nitrogens with one attached hydrogen (secondary N) is 1. The van der Waals surface area contributed by atoms with Gasteiger partial charge < -0.3 is 16.0 Å². The van der Waals surface area contributed by atoms with Crippen LogP contribution < -0.4 is 11.1 Å². The van der Waals surface area contributed by atoms with Crippen LogP contribution >= 0.6 is 0 Å². The second-order valence-corrected chi connectivity index (χ2v) is 6.14. The summed E-state index contributed by atoms with van der Waals surface area (Å²) in [4.78, 5) is 25.9. The highest BCUT2D eigenvalue weighted by atomic mass is 16.2. The molecular weight excluding hydrogens is 242 g/mol. The van der Waals surface area contributed by atoms with E-state index in [0.717, 1.165) is 19.3 Å². The number of carbonyl (C=O) groups is 2. The van der Waals surface area contributed by atoms with Crippen molar-refractivity contribution in [2.24, 2.45) is 17.6 Å². The Morgan fingerprint density at radius 2 is 1.89 bits per heavy atom. The van der Waals surface area contributed by atoms with Crippen LogP contribution in [0, 0.1) is 11.8 Å². The van der Waals surface area contributed by atoms with Crippen LogP contribution in [-0.2, 0) is 9.59 Å². The Morgan fingerprint density at radius 3 is 2.32 bits per heavy atom. The molecule has 5 nitrogen and oxygen atoms in total. The highest BCUT2D eigenvalue weighted by molar-refractivity contribution is 5.85. The van der Waals surface area contributed by atoms with E-state index in [-0.39, 0.29) is 17.7 Å². The Kier molecular flexibility index (Phi) is 4.13. The van der Waals surface area contributed by atoms with Gasteiger partial charge in [0.15, 0.2) is 0 Å². The monoisotopic (exact) mass is 267 g/mol. The van der Waals surface area contributed by atoms with E-state index in [4.69, 9.17) is 5.73 Å². The maximum Gasteiger partial charge on any atom is 0.237 e. The number of primary amides is 1. The molecule has 0 aromatic rings. The fourth-order valence-corrected chi connectivity index (χ4v) is 3.42. The molecule has 2 fully saturated rings. The van der Waals surface area contributed by atoms with Crippen LogP contribution in [-0.4, -0.2) is 42.4 Å². The van der Waals surface area contributed by atoms with E-state index in [2.05, 4.69) is 12.2 Å². The molecule has 1 saturated heterocycles. The van der Waals surface area contributed by atoms with Crippen LogP contribution in [0.4, 0.5) is 0 Å². The average Bonchev–Trinajstić information content (AvgIpc) is 2.84. The van der Waals surface area contributed by atoms with E-state index in [1.165, 1.54) is 0 Å². The van der Waals surface area contributed by atoms with E-state index >= 15 is 0 Å². The lowest BCUT2D eigenvalue weighted by molar-refractivity contribution is -0.139. The Labute approximate surface area is 114 Å². The van der Waals surface area contributed by atoms with E-state index < -0.39 is 5.54 Å². The summed E-state index contributed by atoms with van der Waals surface area (Å²) in [5, 5.41) is 3.04. The molecule has 5 heteroatoms. The summed E-state index contributed by atoms with van der Waals surface area (Å²) in [6, 6.07) is 0. The second kappa shape index (κ2) is 5.49. The fourth-order valence-electron chi connectivity index (χ4n) is 3.42. The number of piperidine rings is 1. The lowest BCUT2D eigenvalue weighted by atomic mass is 9.86. The van der Waals surface area contributed by atoms with Crippen LogP contribution in [0.5, 0.6) is 0 Å². The average molecular weight is 267 g/mol. The highest BCUT2D eigenvalue weighted by Crippen LogP contribution is 2.33. The third-order valence-electron chi connectivity index (χ3n) is 4.92. The van der Waals surface area contributed by atoms with Crippen molar-refractivity contribution in [3.05, 3.63) is 0 Å². The number of rotatable bonds is 3. The van der Waals surface area contributed by atoms with Gasteiger partial charge in [-0.2, -0.15) is 0 Å². The minimum Gasteiger partial charge on any atom is -0.368 e. The fraction of sp³-hybridized carbons (Fsp3) is 0.857. The molecule has 2 rings (SSSR count). The number of amides is 2. The summed E-state index contributed by atoms with van der Waals surface area (Å²) >= 11 is 0. The highest BCUT2D eigenvalue weighted by Gasteiger charge is 2.41. The maximum atomic E-state index is 12.4. The second-order valence-electron chi connectivity index (χ2n) is 6.14. The number of hydrogen-bond donors (Lipinski definition) is 2. The zero-order valence-corrected chi connectivity index (χ0v) is 11.9. The molecule has 0 bridgehead atoms. The molecule has 2 amide bonds. The van der Waals surface area contributed by atoms with Crippen molar-refractivity contribution in [3.63, 3.8) is 0 Å². The maximum absolute atomic E-state index is 12.4. The normalized spacial score (nSPS) is 30.3. The molecule has 0 spiro atoms. The number of nitrogens with two attached hydrogens (primary N) is 1. The Morgan fingerprint density at radius 1 is 1.26 bits per heavy atom. The van der Waals surface area contributed by atoms with Crippen molar-refractivity contribution in [1.29, 1.82) is 0 Å². The van der Waals surface area contributed by atoms with E-state index in [1.807, 2.05) is 4.90 Å². The van der Waals surface area contributed by atoms with Crippen LogP contribution in [0.3, 0.4) is 0 Å². The predicted octanol–water partition coefficient (Wildman–Crippen LogP) is 0.488. The number of nitrogens with zero attached hydrogens (tertiary/aromatic N) is 1. The molecule has 1 saturated carbocycles. The van der Waals surface area contributed by atoms with Gasteiger partial charge in [0.2, 0.25) is 11.8 Å². The molecule has 0 aromatic heterocycles. The molecule has 2 aliphatic rings. The third-order valence-corrected chi connectivity index (χ3v) is 4.92. The molecule has 0 radical (unpaired) electrons. The van der Waals surface area contributed by atoms with Crippen molar-refractivity contribution in [2.75, 3.05) is 20.1 Å². The SMILES string of the molecule is CNC1(C(N)=O)CCN(C(=O)C2CCC(C)C2)CC1. The van der Waals surface area contributed by atoms with Crippen molar-refractivity contribution >= 4 is 11.8 Å². The molecule has 19 heavy (non-hydrogen) atoms. The van der Waals surface area contributed by atoms with Gasteiger partial charge in [-0.15, -0.1) is 0 Å². The lowest BCUT2D eigenvalue weighted by Crippen LogP contribution is -2.60. The largest absolute Gasteiger partial charge is 0.368 e. The molecule has 1 aliphatic carbocycles. The van der Waals surface area contributed by atoms with Gasteiger partial charge in [-0.25, -0.2) is 0 Å². The van der Waals surface area contributed by atoms with Crippen molar-refractivity contribution in [2.45, 2.75) is 44.6 Å². The van der Waals surface area contributed by atoms with Gasteiger partial charge in [0.25, 0.3) is 0 Å². The Balaban J connectivity index is 1.92. The summed E-state index contributed by atoms with van der Waals surface area (Å²) in [5.74, 6) is 0.835. The van der Waals surface area contributed by atoms with Crippen LogP contribution in [0.15, 0.2) is 0 Å². The molecule has 1 heterocycles.